The largest absolute Gasteiger partial charge is 0.496 e. The van der Waals surface area contributed by atoms with Gasteiger partial charge in [-0.05, 0) is 43.5 Å². The van der Waals surface area contributed by atoms with Crippen LogP contribution in [0.2, 0.25) is 0 Å². The third-order valence-corrected chi connectivity index (χ3v) is 2.35. The van der Waals surface area contributed by atoms with E-state index in [2.05, 4.69) is 26.0 Å². The molecule has 0 saturated carbocycles. The molecule has 0 N–H and O–H groups in total. The molecule has 0 aliphatic rings. The van der Waals surface area contributed by atoms with Crippen LogP contribution < -0.4 is 4.74 Å². The number of allylic oxidation sites excluding steroid dienone is 1. The van der Waals surface area contributed by atoms with Crippen LogP contribution in [0.15, 0.2) is 18.2 Å². The molecule has 13 heavy (non-hydrogen) atoms. The van der Waals surface area contributed by atoms with Gasteiger partial charge in [-0.3, -0.25) is 0 Å². The summed E-state index contributed by atoms with van der Waals surface area (Å²) in [6, 6.07) is 4.10. The van der Waals surface area contributed by atoms with Gasteiger partial charge in [-0.25, -0.2) is 0 Å². The van der Waals surface area contributed by atoms with E-state index in [0.29, 0.717) is 0 Å². The van der Waals surface area contributed by atoms with Gasteiger partial charge in [0.25, 0.3) is 0 Å². The summed E-state index contributed by atoms with van der Waals surface area (Å²) < 4.78 is 5.23. The number of hydrogen-bond acceptors (Lipinski definition) is 1. The molecule has 0 fully saturated rings. The zero-order valence-corrected chi connectivity index (χ0v) is 8.72. The maximum Gasteiger partial charge on any atom is 0.122 e. The Bertz CT molecular complexity index is 324. The van der Waals surface area contributed by atoms with Crippen molar-refractivity contribution in [2.75, 3.05) is 7.11 Å². The Morgan fingerprint density at radius 1 is 1.15 bits per heavy atom. The van der Waals surface area contributed by atoms with E-state index in [-0.39, 0.29) is 0 Å². The molecule has 0 spiro atoms. The first kappa shape index (κ1) is 9.85. The molecule has 0 aliphatic heterocycles. The number of rotatable bonds is 2. The van der Waals surface area contributed by atoms with Gasteiger partial charge >= 0.3 is 0 Å². The van der Waals surface area contributed by atoms with E-state index >= 15 is 0 Å². The Morgan fingerprint density at radius 3 is 2.38 bits per heavy atom. The molecule has 0 aromatic heterocycles. The van der Waals surface area contributed by atoms with Crippen molar-refractivity contribution in [1.82, 2.24) is 0 Å². The van der Waals surface area contributed by atoms with Gasteiger partial charge in [0, 0.05) is 0 Å². The predicted octanol–water partition coefficient (Wildman–Crippen LogP) is 3.35. The second kappa shape index (κ2) is 4.13. The van der Waals surface area contributed by atoms with E-state index in [1.54, 1.807) is 7.11 Å². The average molecular weight is 176 g/mol. The van der Waals surface area contributed by atoms with Gasteiger partial charge in [-0.1, -0.05) is 18.2 Å². The van der Waals surface area contributed by atoms with E-state index in [1.165, 1.54) is 16.7 Å². The molecule has 1 heteroatoms. The number of hydrogen-bond donors (Lipinski definition) is 0. The molecular formula is C12H16O. The first-order valence-electron chi connectivity index (χ1n) is 4.47. The molecule has 0 saturated heterocycles. The summed E-state index contributed by atoms with van der Waals surface area (Å²) in [6.45, 7) is 6.23. The van der Waals surface area contributed by atoms with E-state index in [1.807, 2.05) is 19.1 Å². The standard InChI is InChI=1S/C12H16O/c1-5-6-11-7-8-12(13-4)10(3)9(11)2/h5-8H,1-4H3/b6-5-. The number of methoxy groups -OCH3 is 1. The van der Waals surface area contributed by atoms with Crippen molar-refractivity contribution in [2.45, 2.75) is 20.8 Å². The maximum absolute atomic E-state index is 5.23. The topological polar surface area (TPSA) is 9.23 Å². The monoisotopic (exact) mass is 176 g/mol. The van der Waals surface area contributed by atoms with Crippen LogP contribution in [0.5, 0.6) is 5.75 Å². The summed E-state index contributed by atoms with van der Waals surface area (Å²) in [6.07, 6.45) is 4.16. The SMILES string of the molecule is C/C=C\c1ccc(OC)c(C)c1C. The van der Waals surface area contributed by atoms with E-state index in [9.17, 15) is 0 Å². The van der Waals surface area contributed by atoms with Gasteiger partial charge in [-0.15, -0.1) is 0 Å². The van der Waals surface area contributed by atoms with Gasteiger partial charge in [0.15, 0.2) is 0 Å². The molecule has 0 heterocycles. The first-order valence-corrected chi connectivity index (χ1v) is 4.47. The molecule has 1 aromatic carbocycles. The highest BCUT2D eigenvalue weighted by atomic mass is 16.5. The Hall–Kier alpha value is -1.24. The summed E-state index contributed by atoms with van der Waals surface area (Å²) in [7, 11) is 1.71. The van der Waals surface area contributed by atoms with Crippen molar-refractivity contribution in [3.05, 3.63) is 34.9 Å². The van der Waals surface area contributed by atoms with Crippen LogP contribution in [0.4, 0.5) is 0 Å². The van der Waals surface area contributed by atoms with Gasteiger partial charge < -0.3 is 4.74 Å². The fourth-order valence-electron chi connectivity index (χ4n) is 1.40. The minimum Gasteiger partial charge on any atom is -0.496 e. The maximum atomic E-state index is 5.23. The molecule has 1 rings (SSSR count). The Labute approximate surface area is 80.0 Å². The van der Waals surface area contributed by atoms with Crippen LogP contribution in [-0.4, -0.2) is 7.11 Å². The zero-order valence-electron chi connectivity index (χ0n) is 8.72. The second-order valence-corrected chi connectivity index (χ2v) is 3.11. The lowest BCUT2D eigenvalue weighted by Crippen LogP contribution is -1.92. The highest BCUT2D eigenvalue weighted by Gasteiger charge is 2.03. The van der Waals surface area contributed by atoms with Crippen molar-refractivity contribution in [1.29, 1.82) is 0 Å². The molecule has 0 aliphatic carbocycles. The van der Waals surface area contributed by atoms with E-state index < -0.39 is 0 Å². The van der Waals surface area contributed by atoms with Gasteiger partial charge in [0.1, 0.15) is 5.75 Å². The highest BCUT2D eigenvalue weighted by molar-refractivity contribution is 5.58. The minimum atomic E-state index is 0.964. The lowest BCUT2D eigenvalue weighted by atomic mass is 10.0. The van der Waals surface area contributed by atoms with Crippen molar-refractivity contribution < 1.29 is 4.74 Å². The normalized spacial score (nSPS) is 10.8. The van der Waals surface area contributed by atoms with Crippen LogP contribution in [0, 0.1) is 13.8 Å². The summed E-state index contributed by atoms with van der Waals surface area (Å²) in [5, 5.41) is 0. The quantitative estimate of drug-likeness (QED) is 0.671. The van der Waals surface area contributed by atoms with Crippen molar-refractivity contribution in [2.24, 2.45) is 0 Å². The minimum absolute atomic E-state index is 0.964. The van der Waals surface area contributed by atoms with Crippen LogP contribution in [0.3, 0.4) is 0 Å². The molecular weight excluding hydrogens is 160 g/mol. The Morgan fingerprint density at radius 2 is 1.85 bits per heavy atom. The van der Waals surface area contributed by atoms with Gasteiger partial charge in [-0.2, -0.15) is 0 Å². The smallest absolute Gasteiger partial charge is 0.122 e. The van der Waals surface area contributed by atoms with Crippen molar-refractivity contribution >= 4 is 6.08 Å². The highest BCUT2D eigenvalue weighted by Crippen LogP contribution is 2.24. The predicted molar refractivity (Wildman–Crippen MR) is 57.2 cm³/mol. The average Bonchev–Trinajstić information content (AvgIpc) is 2.14. The third-order valence-electron chi connectivity index (χ3n) is 2.35. The van der Waals surface area contributed by atoms with Gasteiger partial charge in [0.05, 0.1) is 7.11 Å². The molecule has 70 valence electrons. The Kier molecular flexibility index (Phi) is 3.13. The van der Waals surface area contributed by atoms with Crippen LogP contribution in [0.25, 0.3) is 6.08 Å². The molecule has 0 bridgehead atoms. The molecule has 1 nitrogen and oxygen atoms in total. The molecule has 0 amide bonds. The van der Waals surface area contributed by atoms with Crippen LogP contribution in [-0.2, 0) is 0 Å². The van der Waals surface area contributed by atoms with Gasteiger partial charge in [0.2, 0.25) is 0 Å². The Balaban J connectivity index is 3.22. The zero-order chi connectivity index (χ0) is 9.84. The third kappa shape index (κ3) is 1.92. The number of ether oxygens (including phenoxy) is 1. The molecule has 0 atom stereocenters. The number of benzene rings is 1. The van der Waals surface area contributed by atoms with Crippen molar-refractivity contribution in [3.63, 3.8) is 0 Å². The summed E-state index contributed by atoms with van der Waals surface area (Å²) in [5.74, 6) is 0.964. The molecule has 1 aromatic rings. The lowest BCUT2D eigenvalue weighted by Gasteiger charge is -2.09. The van der Waals surface area contributed by atoms with E-state index in [0.717, 1.165) is 5.75 Å². The molecule has 0 unspecified atom stereocenters. The van der Waals surface area contributed by atoms with Crippen molar-refractivity contribution in [3.8, 4) is 5.75 Å². The molecule has 0 radical (unpaired) electrons. The second-order valence-electron chi connectivity index (χ2n) is 3.11. The summed E-state index contributed by atoms with van der Waals surface area (Å²) in [5.41, 5.74) is 3.77. The fraction of sp³-hybridized carbons (Fsp3) is 0.333. The van der Waals surface area contributed by atoms with Crippen LogP contribution in [0.1, 0.15) is 23.6 Å². The fourth-order valence-corrected chi connectivity index (χ4v) is 1.40. The van der Waals surface area contributed by atoms with E-state index in [4.69, 9.17) is 4.74 Å². The summed E-state index contributed by atoms with van der Waals surface area (Å²) in [4.78, 5) is 0. The lowest BCUT2D eigenvalue weighted by molar-refractivity contribution is 0.411. The first-order chi connectivity index (χ1) is 6.20. The van der Waals surface area contributed by atoms with Crippen LogP contribution >= 0.6 is 0 Å². The summed E-state index contributed by atoms with van der Waals surface area (Å²) >= 11 is 0.